The van der Waals surface area contributed by atoms with Crippen molar-refractivity contribution in [1.29, 1.82) is 0 Å². The van der Waals surface area contributed by atoms with Gasteiger partial charge in [0.25, 0.3) is 5.56 Å². The quantitative estimate of drug-likeness (QED) is 0.656. The molecule has 19 heavy (non-hydrogen) atoms. The average molecular weight is 267 g/mol. The molecule has 0 spiro atoms. The van der Waals surface area contributed by atoms with Gasteiger partial charge in [0, 0.05) is 27.7 Å². The summed E-state index contributed by atoms with van der Waals surface area (Å²) in [6.07, 6.45) is 0. The van der Waals surface area contributed by atoms with E-state index in [2.05, 4.69) is 15.3 Å². The lowest BCUT2D eigenvalue weighted by molar-refractivity contribution is 0.199. The van der Waals surface area contributed by atoms with Crippen molar-refractivity contribution in [2.45, 2.75) is 6.54 Å². The number of H-pyrrole nitrogens is 1. The van der Waals surface area contributed by atoms with Gasteiger partial charge in [0.2, 0.25) is 0 Å². The van der Waals surface area contributed by atoms with Crippen LogP contribution < -0.4 is 16.6 Å². The molecule has 2 N–H and O–H groups in total. The third-order valence-electron chi connectivity index (χ3n) is 2.92. The van der Waals surface area contributed by atoms with Crippen LogP contribution in [0.15, 0.2) is 9.59 Å². The smallest absolute Gasteiger partial charge is 0.332 e. The number of aromatic nitrogens is 4. The Labute approximate surface area is 109 Å². The van der Waals surface area contributed by atoms with Gasteiger partial charge < -0.3 is 15.0 Å². The molecule has 0 saturated heterocycles. The molecule has 0 aromatic carbocycles. The fraction of sp³-hybridized carbons (Fsp3) is 0.545. The molecule has 0 aliphatic carbocycles. The summed E-state index contributed by atoms with van der Waals surface area (Å²) in [6.45, 7) is 1.76. The number of rotatable bonds is 5. The van der Waals surface area contributed by atoms with E-state index in [1.165, 1.54) is 11.6 Å². The standard InChI is InChI=1S/C11H17N5O3/c1-15-9-8(10(17)16(2)11(15)18)13-7(14-9)6-12-4-5-19-3/h12H,4-6H2,1-3H3,(H,13,14). The van der Waals surface area contributed by atoms with Crippen molar-refractivity contribution in [1.82, 2.24) is 24.4 Å². The van der Waals surface area contributed by atoms with Crippen molar-refractivity contribution in [2.75, 3.05) is 20.3 Å². The Morgan fingerprint density at radius 1 is 1.32 bits per heavy atom. The number of nitrogens with zero attached hydrogens (tertiary/aromatic N) is 3. The highest BCUT2D eigenvalue weighted by atomic mass is 16.5. The van der Waals surface area contributed by atoms with Crippen molar-refractivity contribution in [2.24, 2.45) is 14.1 Å². The van der Waals surface area contributed by atoms with Crippen LogP contribution in [-0.4, -0.2) is 39.4 Å². The minimum Gasteiger partial charge on any atom is -0.383 e. The van der Waals surface area contributed by atoms with Gasteiger partial charge in [0.1, 0.15) is 11.3 Å². The van der Waals surface area contributed by atoms with E-state index in [1.807, 2.05) is 0 Å². The molecule has 2 rings (SSSR count). The predicted molar refractivity (Wildman–Crippen MR) is 70.2 cm³/mol. The molecular formula is C11H17N5O3. The van der Waals surface area contributed by atoms with Gasteiger partial charge >= 0.3 is 5.69 Å². The molecule has 2 heterocycles. The van der Waals surface area contributed by atoms with Gasteiger partial charge in [0.15, 0.2) is 5.65 Å². The molecule has 0 saturated carbocycles. The second kappa shape index (κ2) is 5.37. The molecule has 0 fully saturated rings. The molecule has 104 valence electrons. The first kappa shape index (κ1) is 13.5. The Morgan fingerprint density at radius 2 is 2.05 bits per heavy atom. The number of hydrogen-bond donors (Lipinski definition) is 2. The van der Waals surface area contributed by atoms with E-state index in [-0.39, 0.29) is 11.2 Å². The summed E-state index contributed by atoms with van der Waals surface area (Å²) in [6, 6.07) is 0. The molecule has 2 aromatic rings. The number of nitrogens with one attached hydrogen (secondary N) is 2. The van der Waals surface area contributed by atoms with Crippen LogP contribution in [-0.2, 0) is 25.4 Å². The van der Waals surface area contributed by atoms with Crippen LogP contribution in [0.25, 0.3) is 11.2 Å². The van der Waals surface area contributed by atoms with Crippen LogP contribution >= 0.6 is 0 Å². The first-order valence-corrected chi connectivity index (χ1v) is 5.90. The molecule has 0 atom stereocenters. The summed E-state index contributed by atoms with van der Waals surface area (Å²) in [5.41, 5.74) is -0.0404. The van der Waals surface area contributed by atoms with Gasteiger partial charge in [-0.05, 0) is 0 Å². The first-order chi connectivity index (χ1) is 9.06. The summed E-state index contributed by atoms with van der Waals surface area (Å²) in [4.78, 5) is 30.9. The van der Waals surface area contributed by atoms with Gasteiger partial charge in [-0.1, -0.05) is 0 Å². The minimum absolute atomic E-state index is 0.341. The predicted octanol–water partition coefficient (Wildman–Crippen LogP) is -1.30. The first-order valence-electron chi connectivity index (χ1n) is 5.90. The molecule has 0 amide bonds. The van der Waals surface area contributed by atoms with Gasteiger partial charge in [-0.25, -0.2) is 9.78 Å². The maximum atomic E-state index is 11.9. The number of hydrogen-bond acceptors (Lipinski definition) is 5. The normalized spacial score (nSPS) is 11.3. The van der Waals surface area contributed by atoms with Crippen molar-refractivity contribution in [3.8, 4) is 0 Å². The largest absolute Gasteiger partial charge is 0.383 e. The Kier molecular flexibility index (Phi) is 3.82. The van der Waals surface area contributed by atoms with E-state index in [9.17, 15) is 9.59 Å². The van der Waals surface area contributed by atoms with Crippen molar-refractivity contribution in [3.05, 3.63) is 26.7 Å². The molecule has 0 unspecified atom stereocenters. The summed E-state index contributed by atoms with van der Waals surface area (Å²) in [7, 11) is 4.66. The highest BCUT2D eigenvalue weighted by Crippen LogP contribution is 2.03. The van der Waals surface area contributed by atoms with Gasteiger partial charge in [-0.15, -0.1) is 0 Å². The van der Waals surface area contributed by atoms with E-state index in [0.717, 1.165) is 4.57 Å². The van der Waals surface area contributed by atoms with Crippen LogP contribution in [0.4, 0.5) is 0 Å². The van der Waals surface area contributed by atoms with Crippen molar-refractivity contribution >= 4 is 11.2 Å². The zero-order chi connectivity index (χ0) is 14.0. The summed E-state index contributed by atoms with van der Waals surface area (Å²) in [5, 5.41) is 3.12. The summed E-state index contributed by atoms with van der Waals surface area (Å²) < 4.78 is 7.33. The molecule has 0 aliphatic rings. The number of imidazole rings is 1. The lowest BCUT2D eigenvalue weighted by atomic mass is 10.5. The SMILES string of the molecule is COCCNCc1nc2c([nH]1)c(=O)n(C)c(=O)n2C. The molecule has 0 radical (unpaired) electrons. The fourth-order valence-electron chi connectivity index (χ4n) is 1.84. The molecule has 2 aromatic heterocycles. The van der Waals surface area contributed by atoms with E-state index in [4.69, 9.17) is 4.74 Å². The number of methoxy groups -OCH3 is 1. The second-order valence-corrected chi connectivity index (χ2v) is 4.26. The third kappa shape index (κ3) is 2.45. The highest BCUT2D eigenvalue weighted by Gasteiger charge is 2.12. The maximum Gasteiger partial charge on any atom is 0.332 e. The fourth-order valence-corrected chi connectivity index (χ4v) is 1.84. The number of fused-ring (bicyclic) bond motifs is 1. The number of ether oxygens (including phenoxy) is 1. The van der Waals surface area contributed by atoms with Crippen LogP contribution in [0, 0.1) is 0 Å². The summed E-state index contributed by atoms with van der Waals surface area (Å²) in [5.74, 6) is 0.615. The Bertz CT molecular complexity index is 697. The number of aryl methyl sites for hydroxylation is 1. The zero-order valence-electron chi connectivity index (χ0n) is 11.2. The topological polar surface area (TPSA) is 93.9 Å². The molecule has 0 aliphatic heterocycles. The summed E-state index contributed by atoms with van der Waals surface area (Å²) >= 11 is 0. The van der Waals surface area contributed by atoms with Gasteiger partial charge in [-0.2, -0.15) is 0 Å². The van der Waals surface area contributed by atoms with E-state index in [0.29, 0.717) is 36.7 Å². The van der Waals surface area contributed by atoms with Crippen molar-refractivity contribution in [3.63, 3.8) is 0 Å². The zero-order valence-corrected chi connectivity index (χ0v) is 11.2. The Morgan fingerprint density at radius 3 is 2.74 bits per heavy atom. The third-order valence-corrected chi connectivity index (χ3v) is 2.92. The van der Waals surface area contributed by atoms with Crippen LogP contribution in [0.2, 0.25) is 0 Å². The van der Waals surface area contributed by atoms with Crippen LogP contribution in [0.1, 0.15) is 5.82 Å². The molecular weight excluding hydrogens is 250 g/mol. The Balaban J connectivity index is 2.36. The van der Waals surface area contributed by atoms with Gasteiger partial charge in [0.05, 0.1) is 13.2 Å². The maximum absolute atomic E-state index is 11.9. The van der Waals surface area contributed by atoms with Crippen molar-refractivity contribution < 1.29 is 4.74 Å². The van der Waals surface area contributed by atoms with E-state index >= 15 is 0 Å². The Hall–Kier alpha value is -1.93. The average Bonchev–Trinajstić information content (AvgIpc) is 2.83. The van der Waals surface area contributed by atoms with Crippen LogP contribution in [0.3, 0.4) is 0 Å². The van der Waals surface area contributed by atoms with E-state index in [1.54, 1.807) is 14.2 Å². The highest BCUT2D eigenvalue weighted by molar-refractivity contribution is 5.69. The van der Waals surface area contributed by atoms with Crippen LogP contribution in [0.5, 0.6) is 0 Å². The van der Waals surface area contributed by atoms with Gasteiger partial charge in [-0.3, -0.25) is 13.9 Å². The monoisotopic (exact) mass is 267 g/mol. The van der Waals surface area contributed by atoms with E-state index < -0.39 is 0 Å². The lowest BCUT2D eigenvalue weighted by Gasteiger charge is -2.00. The second-order valence-electron chi connectivity index (χ2n) is 4.26. The molecule has 8 heteroatoms. The minimum atomic E-state index is -0.386. The molecule has 0 bridgehead atoms. The number of aromatic amines is 1. The molecule has 8 nitrogen and oxygen atoms in total. The lowest BCUT2D eigenvalue weighted by Crippen LogP contribution is -2.36.